The summed E-state index contributed by atoms with van der Waals surface area (Å²) < 4.78 is 8.12. The van der Waals surface area contributed by atoms with Gasteiger partial charge in [0.25, 0.3) is 0 Å². The van der Waals surface area contributed by atoms with Gasteiger partial charge in [0.2, 0.25) is 0 Å². The molecule has 180 valence electrons. The molecule has 4 aromatic rings. The first-order chi connectivity index (χ1) is 17.2. The minimum absolute atomic E-state index is 0.412. The number of aryl methyl sites for hydroxylation is 1. The first-order valence-electron chi connectivity index (χ1n) is 11.9. The Morgan fingerprint density at radius 1 is 1.11 bits per heavy atom. The number of carbonyl (C=O) groups excluding carboxylic acids is 1. The van der Waals surface area contributed by atoms with Crippen molar-refractivity contribution in [1.29, 1.82) is 0 Å². The largest absolute Gasteiger partial charge is 0.457 e. The van der Waals surface area contributed by atoms with Crippen LogP contribution in [0.3, 0.4) is 0 Å². The number of amides is 2. The van der Waals surface area contributed by atoms with Gasteiger partial charge >= 0.3 is 6.03 Å². The average Bonchev–Trinajstić information content (AvgIpc) is 3.63. The van der Waals surface area contributed by atoms with E-state index in [9.17, 15) is 4.79 Å². The van der Waals surface area contributed by atoms with Crippen LogP contribution >= 0.6 is 0 Å². The van der Waals surface area contributed by atoms with Crippen molar-refractivity contribution in [2.75, 3.05) is 25.0 Å². The Labute approximate surface area is 203 Å². The van der Waals surface area contributed by atoms with E-state index in [1.807, 2.05) is 36.7 Å². The number of carbonyl (C=O) groups is 1. The number of nitrogens with one attached hydrogen (secondary N) is 3. The first kappa shape index (κ1) is 22.7. The summed E-state index contributed by atoms with van der Waals surface area (Å²) in [5.74, 6) is 1.37. The highest BCUT2D eigenvalue weighted by atomic mass is 16.5. The quantitative estimate of drug-likeness (QED) is 0.241. The van der Waals surface area contributed by atoms with Crippen molar-refractivity contribution in [1.82, 2.24) is 24.9 Å². The highest BCUT2D eigenvalue weighted by Gasteiger charge is 2.11. The number of hydrazone groups is 1. The van der Waals surface area contributed by atoms with Crippen molar-refractivity contribution in [3.05, 3.63) is 72.8 Å². The lowest BCUT2D eigenvalue weighted by atomic mass is 10.3. The molecule has 0 spiro atoms. The zero-order valence-corrected chi connectivity index (χ0v) is 19.5. The molecule has 0 bridgehead atoms. The normalized spacial score (nSPS) is 14.1. The van der Waals surface area contributed by atoms with Crippen molar-refractivity contribution in [3.8, 4) is 11.5 Å². The fourth-order valence-corrected chi connectivity index (χ4v) is 4.29. The van der Waals surface area contributed by atoms with E-state index in [0.29, 0.717) is 17.2 Å². The Morgan fingerprint density at radius 2 is 1.97 bits per heavy atom. The van der Waals surface area contributed by atoms with Crippen LogP contribution in [0.15, 0.2) is 72.2 Å². The van der Waals surface area contributed by atoms with Gasteiger partial charge in [-0.3, -0.25) is 0 Å². The van der Waals surface area contributed by atoms with Crippen LogP contribution in [0.2, 0.25) is 0 Å². The monoisotopic (exact) mass is 471 g/mol. The molecule has 0 radical (unpaired) electrons. The number of pyridine rings is 1. The number of fused-ring (bicyclic) bond motifs is 1. The van der Waals surface area contributed by atoms with Crippen LogP contribution in [0.4, 0.5) is 10.5 Å². The summed E-state index contributed by atoms with van der Waals surface area (Å²) in [5.41, 5.74) is 4.89. The Kier molecular flexibility index (Phi) is 7.05. The fraction of sp³-hybridized carbons (Fsp3) is 0.269. The third kappa shape index (κ3) is 5.88. The number of nitrogens with zero attached hydrogens (tertiary/aromatic N) is 4. The Hall–Kier alpha value is -4.11. The number of H-pyrrole nitrogens is 1. The summed E-state index contributed by atoms with van der Waals surface area (Å²) in [6.07, 6.45) is 11.0. The topological polar surface area (TPSA) is 99.6 Å². The molecule has 9 nitrogen and oxygen atoms in total. The van der Waals surface area contributed by atoms with Gasteiger partial charge < -0.3 is 24.5 Å². The molecule has 3 aromatic heterocycles. The number of rotatable bonds is 9. The summed E-state index contributed by atoms with van der Waals surface area (Å²) in [5, 5.41) is 7.78. The molecule has 0 aliphatic carbocycles. The summed E-state index contributed by atoms with van der Waals surface area (Å²) in [7, 11) is 0. The standard InChI is InChI=1S/C26H29N7O2/c34-26(31-29-19-21-5-3-17-33(21)18-4-16-32-14-1-2-15-32)30-20-6-8-22(9-7-20)35-24-11-13-28-25-23(24)10-12-27-25/h3,5-13,17,19H,1-2,4,14-16,18H2,(H,27,28)(H2,30,31,34)/b29-19+. The van der Waals surface area contributed by atoms with Crippen LogP contribution in [0.5, 0.6) is 11.5 Å². The number of hydrogen-bond acceptors (Lipinski definition) is 5. The van der Waals surface area contributed by atoms with Crippen molar-refractivity contribution >= 4 is 29.0 Å². The Morgan fingerprint density at radius 3 is 2.83 bits per heavy atom. The number of aromatic nitrogens is 3. The van der Waals surface area contributed by atoms with Gasteiger partial charge in [-0.05, 0) is 87.4 Å². The lowest BCUT2D eigenvalue weighted by Gasteiger charge is -2.14. The first-order valence-corrected chi connectivity index (χ1v) is 11.9. The van der Waals surface area contributed by atoms with E-state index in [1.165, 1.54) is 25.9 Å². The molecule has 4 heterocycles. The van der Waals surface area contributed by atoms with E-state index in [1.54, 1.807) is 36.7 Å². The van der Waals surface area contributed by atoms with E-state index >= 15 is 0 Å². The van der Waals surface area contributed by atoms with Gasteiger partial charge in [0.05, 0.1) is 17.3 Å². The number of benzene rings is 1. The molecule has 5 rings (SSSR count). The van der Waals surface area contributed by atoms with E-state index in [2.05, 4.69) is 35.3 Å². The van der Waals surface area contributed by atoms with Gasteiger partial charge in [-0.1, -0.05) is 0 Å². The molecule has 2 amide bonds. The molecule has 3 N–H and O–H groups in total. The van der Waals surface area contributed by atoms with Gasteiger partial charge in [0, 0.05) is 30.8 Å². The van der Waals surface area contributed by atoms with Gasteiger partial charge in [0.1, 0.15) is 17.1 Å². The highest BCUT2D eigenvalue weighted by Crippen LogP contribution is 2.28. The predicted molar refractivity (Wildman–Crippen MR) is 137 cm³/mol. The molecule has 9 heteroatoms. The number of hydrogen-bond donors (Lipinski definition) is 3. The molecule has 0 unspecified atom stereocenters. The molecule has 1 aliphatic heterocycles. The van der Waals surface area contributed by atoms with Crippen molar-refractivity contribution in [3.63, 3.8) is 0 Å². The zero-order valence-electron chi connectivity index (χ0n) is 19.5. The Bertz CT molecular complexity index is 1290. The van der Waals surface area contributed by atoms with Crippen LogP contribution in [0, 0.1) is 0 Å². The highest BCUT2D eigenvalue weighted by molar-refractivity contribution is 5.90. The van der Waals surface area contributed by atoms with Crippen LogP contribution in [0.1, 0.15) is 25.0 Å². The number of aromatic amines is 1. The van der Waals surface area contributed by atoms with Crippen molar-refractivity contribution in [2.24, 2.45) is 5.10 Å². The molecule has 35 heavy (non-hydrogen) atoms. The maximum absolute atomic E-state index is 12.2. The van der Waals surface area contributed by atoms with Crippen LogP contribution < -0.4 is 15.5 Å². The summed E-state index contributed by atoms with van der Waals surface area (Å²) >= 11 is 0. The summed E-state index contributed by atoms with van der Waals surface area (Å²) in [6, 6.07) is 14.5. The summed E-state index contributed by atoms with van der Waals surface area (Å²) in [4.78, 5) is 22.1. The van der Waals surface area contributed by atoms with Gasteiger partial charge in [0.15, 0.2) is 0 Å². The van der Waals surface area contributed by atoms with Crippen LogP contribution in [-0.4, -0.2) is 51.3 Å². The zero-order chi connectivity index (χ0) is 23.9. The molecule has 0 atom stereocenters. The molecule has 1 aliphatic rings. The average molecular weight is 472 g/mol. The van der Waals surface area contributed by atoms with E-state index in [-0.39, 0.29) is 0 Å². The SMILES string of the molecule is O=C(N/N=C/c1cccn1CCCN1CCCC1)Nc1ccc(Oc2ccnc3[nH]ccc23)cc1. The predicted octanol–water partition coefficient (Wildman–Crippen LogP) is 4.80. The number of urea groups is 1. The molecule has 1 aromatic carbocycles. The van der Waals surface area contributed by atoms with Gasteiger partial charge in [-0.2, -0.15) is 5.10 Å². The number of likely N-dealkylation sites (tertiary alicyclic amines) is 1. The molecular weight excluding hydrogens is 442 g/mol. The minimum atomic E-state index is -0.412. The fourth-order valence-electron chi connectivity index (χ4n) is 4.29. The molecule has 1 saturated heterocycles. The van der Waals surface area contributed by atoms with Crippen molar-refractivity contribution in [2.45, 2.75) is 25.8 Å². The lowest BCUT2D eigenvalue weighted by Crippen LogP contribution is -2.24. The van der Waals surface area contributed by atoms with E-state index in [0.717, 1.165) is 36.2 Å². The molecule has 0 saturated carbocycles. The van der Waals surface area contributed by atoms with Crippen LogP contribution in [-0.2, 0) is 6.54 Å². The molecular formula is C26H29N7O2. The third-order valence-electron chi connectivity index (χ3n) is 6.06. The number of ether oxygens (including phenoxy) is 1. The maximum Gasteiger partial charge on any atom is 0.339 e. The molecule has 1 fully saturated rings. The Balaban J connectivity index is 1.09. The second-order valence-corrected chi connectivity index (χ2v) is 8.53. The second kappa shape index (κ2) is 10.9. The minimum Gasteiger partial charge on any atom is -0.457 e. The van der Waals surface area contributed by atoms with E-state index in [4.69, 9.17) is 4.74 Å². The van der Waals surface area contributed by atoms with Gasteiger partial charge in [-0.25, -0.2) is 15.2 Å². The van der Waals surface area contributed by atoms with Gasteiger partial charge in [-0.15, -0.1) is 0 Å². The maximum atomic E-state index is 12.2. The van der Waals surface area contributed by atoms with Crippen LogP contribution in [0.25, 0.3) is 11.0 Å². The van der Waals surface area contributed by atoms with Crippen molar-refractivity contribution < 1.29 is 9.53 Å². The second-order valence-electron chi connectivity index (χ2n) is 8.53. The number of anilines is 1. The lowest BCUT2D eigenvalue weighted by molar-refractivity contribution is 0.252. The third-order valence-corrected chi connectivity index (χ3v) is 6.06. The summed E-state index contributed by atoms with van der Waals surface area (Å²) in [6.45, 7) is 4.49. The smallest absolute Gasteiger partial charge is 0.339 e. The van der Waals surface area contributed by atoms with E-state index < -0.39 is 6.03 Å².